The van der Waals surface area contributed by atoms with E-state index in [1.165, 1.54) is 0 Å². The molecular weight excluding hydrogens is 391 g/mol. The van der Waals surface area contributed by atoms with Crippen LogP contribution in [0.4, 0.5) is 0 Å². The molecule has 2 atom stereocenters. The first kappa shape index (κ1) is 23.4. The van der Waals surface area contributed by atoms with Crippen LogP contribution in [0.25, 0.3) is 0 Å². The molecule has 2 unspecified atom stereocenters. The van der Waals surface area contributed by atoms with Crippen LogP contribution >= 0.6 is 23.2 Å². The number of halogens is 2. The molecular formula is C19H26Cl2O4Si. The van der Waals surface area contributed by atoms with Gasteiger partial charge in [-0.25, -0.2) is 0 Å². The average Bonchev–Trinajstić information content (AvgIpc) is 2.67. The SMILES string of the molecule is C=CCOCC(CCl)OC(OC(CCl)COCC=C)[Si]c1ccccc1. The minimum atomic E-state index is -0.482. The van der Waals surface area contributed by atoms with Gasteiger partial charge in [0.2, 0.25) is 0 Å². The first-order valence-electron chi connectivity index (χ1n) is 8.35. The van der Waals surface area contributed by atoms with Gasteiger partial charge in [0.25, 0.3) is 0 Å². The Hall–Kier alpha value is -0.663. The fourth-order valence-corrected chi connectivity index (χ4v) is 3.43. The first-order valence-corrected chi connectivity index (χ1v) is 10.5. The standard InChI is InChI=1S/C19H26Cl2O4Si/c1-3-10-22-14-16(12-20)24-19(26-18-8-6-5-7-9-18)25-17(13-21)15-23-11-4-2/h3-9,16-17,19H,1-2,10-15H2. The molecule has 0 amide bonds. The molecule has 0 aliphatic heterocycles. The zero-order valence-electron chi connectivity index (χ0n) is 14.8. The molecule has 0 saturated heterocycles. The molecule has 4 nitrogen and oxygen atoms in total. The van der Waals surface area contributed by atoms with Gasteiger partial charge in [-0.3, -0.25) is 0 Å². The maximum atomic E-state index is 6.05. The van der Waals surface area contributed by atoms with Crippen molar-refractivity contribution in [1.82, 2.24) is 0 Å². The van der Waals surface area contributed by atoms with Crippen LogP contribution in [0.5, 0.6) is 0 Å². The molecule has 0 bridgehead atoms. The van der Waals surface area contributed by atoms with Gasteiger partial charge in [-0.1, -0.05) is 47.7 Å². The third-order valence-corrected chi connectivity index (χ3v) is 4.98. The number of hydrogen-bond acceptors (Lipinski definition) is 4. The van der Waals surface area contributed by atoms with Crippen LogP contribution < -0.4 is 5.19 Å². The zero-order valence-corrected chi connectivity index (χ0v) is 17.3. The number of rotatable bonds is 16. The highest BCUT2D eigenvalue weighted by Gasteiger charge is 2.22. The molecule has 0 heterocycles. The fraction of sp³-hybridized carbons (Fsp3) is 0.474. The van der Waals surface area contributed by atoms with Gasteiger partial charge in [0.15, 0.2) is 9.52 Å². The third kappa shape index (κ3) is 10.5. The van der Waals surface area contributed by atoms with Crippen LogP contribution in [0.3, 0.4) is 0 Å². The Balaban J connectivity index is 2.69. The molecule has 1 aromatic rings. The molecule has 0 N–H and O–H groups in total. The van der Waals surface area contributed by atoms with E-state index in [9.17, 15) is 0 Å². The minimum absolute atomic E-state index is 0.285. The normalized spacial score (nSPS) is 14.5. The Bertz CT molecular complexity index is 466. The smallest absolute Gasteiger partial charge is 0.157 e. The average molecular weight is 417 g/mol. The second-order valence-electron chi connectivity index (χ2n) is 5.32. The minimum Gasteiger partial charge on any atom is -0.375 e. The Kier molecular flexibility index (Phi) is 13.8. The lowest BCUT2D eigenvalue weighted by molar-refractivity contribution is -0.160. The molecule has 7 heteroatoms. The van der Waals surface area contributed by atoms with Crippen molar-refractivity contribution in [2.45, 2.75) is 18.1 Å². The van der Waals surface area contributed by atoms with Crippen molar-refractivity contribution in [3.8, 4) is 0 Å². The van der Waals surface area contributed by atoms with E-state index in [1.54, 1.807) is 12.2 Å². The van der Waals surface area contributed by atoms with Crippen molar-refractivity contribution < 1.29 is 18.9 Å². The molecule has 0 fully saturated rings. The van der Waals surface area contributed by atoms with Crippen LogP contribution in [-0.4, -0.2) is 65.8 Å². The first-order chi connectivity index (χ1) is 12.7. The highest BCUT2D eigenvalue weighted by Crippen LogP contribution is 2.09. The van der Waals surface area contributed by atoms with Crippen molar-refractivity contribution in [2.75, 3.05) is 38.2 Å². The Labute approximate surface area is 168 Å². The monoisotopic (exact) mass is 416 g/mol. The largest absolute Gasteiger partial charge is 0.375 e. The van der Waals surface area contributed by atoms with E-state index in [2.05, 4.69) is 13.2 Å². The maximum Gasteiger partial charge on any atom is 0.157 e. The van der Waals surface area contributed by atoms with Crippen molar-refractivity contribution in [3.63, 3.8) is 0 Å². The number of alkyl halides is 2. The summed E-state index contributed by atoms with van der Waals surface area (Å²) in [6, 6.07) is 10.0. The zero-order chi connectivity index (χ0) is 19.0. The van der Waals surface area contributed by atoms with Gasteiger partial charge in [-0.05, 0) is 0 Å². The van der Waals surface area contributed by atoms with E-state index >= 15 is 0 Å². The summed E-state index contributed by atoms with van der Waals surface area (Å²) in [5.74, 6) is 0.119. The Morgan fingerprint density at radius 2 is 1.38 bits per heavy atom. The number of benzene rings is 1. The molecule has 0 aliphatic rings. The van der Waals surface area contributed by atoms with Gasteiger partial charge in [-0.2, -0.15) is 0 Å². The molecule has 1 aromatic carbocycles. The molecule has 1 rings (SSSR count). The van der Waals surface area contributed by atoms with Gasteiger partial charge in [0.1, 0.15) is 5.91 Å². The lowest BCUT2D eigenvalue weighted by atomic mass is 10.4. The van der Waals surface area contributed by atoms with Crippen LogP contribution in [-0.2, 0) is 18.9 Å². The quantitative estimate of drug-likeness (QED) is 0.136. The summed E-state index contributed by atoms with van der Waals surface area (Å²) in [6.07, 6.45) is 2.79. The second-order valence-corrected chi connectivity index (χ2v) is 7.27. The third-order valence-electron chi connectivity index (χ3n) is 3.11. The molecule has 0 spiro atoms. The predicted octanol–water partition coefficient (Wildman–Crippen LogP) is 2.95. The van der Waals surface area contributed by atoms with Crippen molar-refractivity contribution in [2.24, 2.45) is 0 Å². The van der Waals surface area contributed by atoms with E-state index < -0.39 is 5.91 Å². The summed E-state index contributed by atoms with van der Waals surface area (Å²) < 4.78 is 23.0. The van der Waals surface area contributed by atoms with Gasteiger partial charge < -0.3 is 18.9 Å². The second kappa shape index (κ2) is 15.4. The topological polar surface area (TPSA) is 36.9 Å². The fourth-order valence-electron chi connectivity index (χ4n) is 1.93. The lowest BCUT2D eigenvalue weighted by Crippen LogP contribution is -2.41. The summed E-state index contributed by atoms with van der Waals surface area (Å²) in [4.78, 5) is 0. The van der Waals surface area contributed by atoms with Gasteiger partial charge in [0.05, 0.1) is 50.4 Å². The van der Waals surface area contributed by atoms with E-state index in [1.807, 2.05) is 30.3 Å². The van der Waals surface area contributed by atoms with Crippen LogP contribution in [0.2, 0.25) is 0 Å². The van der Waals surface area contributed by atoms with Crippen molar-refractivity contribution >= 4 is 37.9 Å². The number of ether oxygens (including phenoxy) is 4. The Morgan fingerprint density at radius 3 is 1.81 bits per heavy atom. The highest BCUT2D eigenvalue weighted by atomic mass is 35.5. The van der Waals surface area contributed by atoms with E-state index in [4.69, 9.17) is 42.1 Å². The van der Waals surface area contributed by atoms with Crippen LogP contribution in [0.1, 0.15) is 0 Å². The van der Waals surface area contributed by atoms with E-state index in [0.717, 1.165) is 5.19 Å². The van der Waals surface area contributed by atoms with Crippen LogP contribution in [0, 0.1) is 0 Å². The molecule has 26 heavy (non-hydrogen) atoms. The number of hydrogen-bond donors (Lipinski definition) is 0. The summed E-state index contributed by atoms with van der Waals surface area (Å²) >= 11 is 12.0. The molecule has 0 aliphatic carbocycles. The Morgan fingerprint density at radius 1 is 0.885 bits per heavy atom. The summed E-state index contributed by atoms with van der Waals surface area (Å²) in [5.41, 5.74) is 0. The molecule has 2 radical (unpaired) electrons. The maximum absolute atomic E-state index is 6.05. The summed E-state index contributed by atoms with van der Waals surface area (Å²) in [5, 5.41) is 1.12. The van der Waals surface area contributed by atoms with Gasteiger partial charge in [-0.15, -0.1) is 36.4 Å². The summed E-state index contributed by atoms with van der Waals surface area (Å²) in [7, 11) is 0.285. The lowest BCUT2D eigenvalue weighted by Gasteiger charge is -2.27. The van der Waals surface area contributed by atoms with Gasteiger partial charge in [0, 0.05) is 0 Å². The predicted molar refractivity (Wildman–Crippen MR) is 109 cm³/mol. The van der Waals surface area contributed by atoms with Crippen molar-refractivity contribution in [3.05, 3.63) is 55.6 Å². The van der Waals surface area contributed by atoms with Crippen LogP contribution in [0.15, 0.2) is 55.6 Å². The van der Waals surface area contributed by atoms with E-state index in [0.29, 0.717) is 38.2 Å². The highest BCUT2D eigenvalue weighted by molar-refractivity contribution is 6.54. The van der Waals surface area contributed by atoms with E-state index in [-0.39, 0.29) is 21.7 Å². The molecule has 0 saturated carbocycles. The molecule has 144 valence electrons. The summed E-state index contributed by atoms with van der Waals surface area (Å²) in [6.45, 7) is 8.89. The van der Waals surface area contributed by atoms with Gasteiger partial charge >= 0.3 is 0 Å². The molecule has 0 aromatic heterocycles. The van der Waals surface area contributed by atoms with Crippen molar-refractivity contribution in [1.29, 1.82) is 0 Å².